The van der Waals surface area contributed by atoms with E-state index in [4.69, 9.17) is 13.2 Å². The monoisotopic (exact) mass is 854 g/mol. The Kier molecular flexibility index (Phi) is 8.14. The van der Waals surface area contributed by atoms with Gasteiger partial charge in [0, 0.05) is 40.2 Å². The summed E-state index contributed by atoms with van der Waals surface area (Å²) >= 11 is 1.68. The van der Waals surface area contributed by atoms with Crippen molar-refractivity contribution >= 4 is 45.7 Å². The maximum atomic E-state index is 7.28. The van der Waals surface area contributed by atoms with E-state index in [1.54, 1.807) is 23.5 Å². The molecule has 3 heterocycles. The average molecular weight is 854 g/mol. The Morgan fingerprint density at radius 3 is 2.18 bits per heavy atom. The smallest absolute Gasteiger partial charge is 0.0774 e. The van der Waals surface area contributed by atoms with Crippen LogP contribution in [0.5, 0.6) is 0 Å². The molecule has 245 valence electrons. The molecule has 0 atom stereocenters. The second-order valence-electron chi connectivity index (χ2n) is 12.6. The second kappa shape index (κ2) is 14.6. The van der Waals surface area contributed by atoms with Crippen LogP contribution in [-0.2, 0) is 20.1 Å². The first-order chi connectivity index (χ1) is 25.7. The van der Waals surface area contributed by atoms with Crippen molar-refractivity contribution in [2.45, 2.75) is 33.3 Å². The van der Waals surface area contributed by atoms with Gasteiger partial charge in [-0.15, -0.1) is 46.8 Å². The Labute approximate surface area is 316 Å². The quantitative estimate of drug-likeness (QED) is 0.128. The van der Waals surface area contributed by atoms with Crippen LogP contribution in [0.3, 0.4) is 0 Å². The Morgan fingerprint density at radius 1 is 0.755 bits per heavy atom. The largest absolute Gasteiger partial charge is 0.333 e. The molecule has 5 aromatic carbocycles. The molecule has 0 saturated carbocycles. The van der Waals surface area contributed by atoms with Gasteiger partial charge in [-0.25, -0.2) is 0 Å². The maximum absolute atomic E-state index is 7.28. The van der Waals surface area contributed by atoms with Crippen LogP contribution in [-0.4, -0.2) is 22.6 Å². The van der Waals surface area contributed by atoms with E-state index in [-0.39, 0.29) is 31.2 Å². The number of nitrogens with zero attached hydrogens (tertiary/aromatic N) is 3. The maximum Gasteiger partial charge on any atom is 0.0774 e. The Morgan fingerprint density at radius 2 is 1.49 bits per heavy atom. The summed E-state index contributed by atoms with van der Waals surface area (Å²) in [5, 5.41) is 6.30. The predicted molar refractivity (Wildman–Crippen MR) is 207 cm³/mol. The Balaban J connectivity index is 0.000000211. The Bertz CT molecular complexity index is 2480. The summed E-state index contributed by atoms with van der Waals surface area (Å²) in [5.41, 5.74) is 8.29. The van der Waals surface area contributed by atoms with Crippen LogP contribution in [0.4, 0.5) is 0 Å². The zero-order valence-corrected chi connectivity index (χ0v) is 31.5. The molecule has 0 aliphatic rings. The molecule has 3 nitrogen and oxygen atoms in total. The van der Waals surface area contributed by atoms with Gasteiger partial charge in [-0.2, -0.15) is 0 Å². The van der Waals surface area contributed by atoms with Gasteiger partial charge >= 0.3 is 0 Å². The van der Waals surface area contributed by atoms with E-state index in [9.17, 15) is 0 Å². The summed E-state index contributed by atoms with van der Waals surface area (Å²) in [6.07, 6.45) is 1.30. The van der Waals surface area contributed by atoms with Gasteiger partial charge in [0.25, 0.3) is 0 Å². The molecule has 6 heteroatoms. The summed E-state index contributed by atoms with van der Waals surface area (Å²) in [6.45, 7) is 2.85. The molecule has 0 saturated heterocycles. The third-order valence-electron chi connectivity index (χ3n) is 8.25. The van der Waals surface area contributed by atoms with Gasteiger partial charge in [0.05, 0.1) is 24.9 Å². The molecule has 0 N–H and O–H groups in total. The molecule has 8 rings (SSSR count). The summed E-state index contributed by atoms with van der Waals surface area (Å²) in [7, 11) is -1.43. The summed E-state index contributed by atoms with van der Waals surface area (Å²) in [6, 6.07) is 45.1. The molecular formula is C43H37IrN3SSi-2. The minimum absolute atomic E-state index is 0. The number of para-hydroxylation sites is 2. The molecule has 3 aromatic heterocycles. The third-order valence-corrected chi connectivity index (χ3v) is 11.2. The Hall–Kier alpha value is -4.45. The van der Waals surface area contributed by atoms with E-state index < -0.39 is 21.8 Å². The zero-order valence-electron chi connectivity index (χ0n) is 33.3. The first-order valence-electron chi connectivity index (χ1n) is 18.7. The van der Waals surface area contributed by atoms with E-state index in [2.05, 4.69) is 138 Å². The number of benzene rings is 5. The zero-order chi connectivity index (χ0) is 38.3. The van der Waals surface area contributed by atoms with Gasteiger partial charge < -0.3 is 9.55 Å². The minimum atomic E-state index is -2.18. The second-order valence-corrected chi connectivity index (χ2v) is 18.6. The molecule has 0 aliphatic heterocycles. The number of thiophene rings is 1. The number of imidazole rings is 1. The fourth-order valence-electron chi connectivity index (χ4n) is 5.63. The molecule has 0 amide bonds. The fraction of sp³-hybridized carbons (Fsp3) is 0.116. The first kappa shape index (κ1) is 27.4. The SMILES string of the molecule is C[Si](C)(C)c1ccc2s[c-]c(-c3nc4ccccc4n3-c3ccc(-c4ccccc4)cc3)c2c1.[2H]C([2H])([2H])c1c[c-]c(-c2ccc(C([2H])([2H])[2H])cn2)cc1.[Ir]. The topological polar surface area (TPSA) is 30.7 Å². The van der Waals surface area contributed by atoms with Crippen LogP contribution < -0.4 is 5.19 Å². The van der Waals surface area contributed by atoms with Crippen LogP contribution in [0.15, 0.2) is 134 Å². The average Bonchev–Trinajstić information content (AvgIpc) is 3.76. The van der Waals surface area contributed by atoms with E-state index in [0.29, 0.717) is 11.3 Å². The standard InChI is InChI=1S/C30H25N2SSi.C13H12N.Ir/c1-34(2,3)24-17-18-29-25(19-24)26(20-33-29)30-31-27-11-7-8-12-28(27)32(30)23-15-13-22(14-16-23)21-9-5-4-6-10-21;1-10-3-6-12(7-4-10)13-8-5-11(2)9-14-13;/h4-19H,1-3H3;3-6,8-9H,1-2H3;/q2*-1;/i;1D3,2D3;. The van der Waals surface area contributed by atoms with E-state index in [1.807, 2.05) is 0 Å². The third kappa shape index (κ3) is 7.44. The fourth-order valence-corrected chi connectivity index (χ4v) is 7.61. The molecule has 0 unspecified atom stereocenters. The molecule has 1 radical (unpaired) electrons. The molecule has 0 bridgehead atoms. The molecular weight excluding hydrogens is 811 g/mol. The van der Waals surface area contributed by atoms with E-state index in [1.165, 1.54) is 50.8 Å². The number of fused-ring (bicyclic) bond motifs is 2. The number of aryl methyl sites for hydroxylation is 2. The van der Waals surface area contributed by atoms with Crippen molar-refractivity contribution in [2.24, 2.45) is 0 Å². The molecule has 49 heavy (non-hydrogen) atoms. The van der Waals surface area contributed by atoms with Gasteiger partial charge in [0.1, 0.15) is 0 Å². The molecule has 0 spiro atoms. The molecule has 0 aliphatic carbocycles. The van der Waals surface area contributed by atoms with Gasteiger partial charge in [0.15, 0.2) is 0 Å². The van der Waals surface area contributed by atoms with Gasteiger partial charge in [0.2, 0.25) is 0 Å². The summed E-state index contributed by atoms with van der Waals surface area (Å²) in [4.78, 5) is 9.18. The number of pyridine rings is 1. The van der Waals surface area contributed by atoms with Crippen molar-refractivity contribution in [2.75, 3.05) is 0 Å². The van der Waals surface area contributed by atoms with Gasteiger partial charge in [-0.3, -0.25) is 16.3 Å². The van der Waals surface area contributed by atoms with Crippen molar-refractivity contribution in [3.63, 3.8) is 0 Å². The minimum Gasteiger partial charge on any atom is -0.333 e. The number of hydrogen-bond donors (Lipinski definition) is 0. The van der Waals surface area contributed by atoms with Crippen LogP contribution >= 0.6 is 11.3 Å². The predicted octanol–water partition coefficient (Wildman–Crippen LogP) is 11.1. The number of hydrogen-bond acceptors (Lipinski definition) is 3. The molecule has 8 aromatic rings. The van der Waals surface area contributed by atoms with Crippen LogP contribution in [0.2, 0.25) is 19.6 Å². The first-order valence-corrected chi connectivity index (χ1v) is 20.1. The molecule has 0 fully saturated rings. The van der Waals surface area contributed by atoms with Crippen molar-refractivity contribution < 1.29 is 28.3 Å². The van der Waals surface area contributed by atoms with Crippen molar-refractivity contribution in [3.8, 4) is 39.5 Å². The van der Waals surface area contributed by atoms with Crippen molar-refractivity contribution in [1.29, 1.82) is 0 Å². The van der Waals surface area contributed by atoms with E-state index >= 15 is 0 Å². The van der Waals surface area contributed by atoms with Crippen LogP contribution in [0, 0.1) is 25.2 Å². The van der Waals surface area contributed by atoms with E-state index in [0.717, 1.165) is 28.1 Å². The van der Waals surface area contributed by atoms with Crippen molar-refractivity contribution in [3.05, 3.63) is 156 Å². The van der Waals surface area contributed by atoms with Crippen molar-refractivity contribution in [1.82, 2.24) is 14.5 Å². The number of aromatic nitrogens is 3. The summed E-state index contributed by atoms with van der Waals surface area (Å²) < 4.78 is 47.2. The van der Waals surface area contributed by atoms with Crippen LogP contribution in [0.25, 0.3) is 60.6 Å². The van der Waals surface area contributed by atoms with Crippen LogP contribution in [0.1, 0.15) is 19.4 Å². The van der Waals surface area contributed by atoms with Gasteiger partial charge in [-0.05, 0) is 53.5 Å². The van der Waals surface area contributed by atoms with Gasteiger partial charge in [-0.1, -0.05) is 126 Å². The normalized spacial score (nSPS) is 13.5. The summed E-state index contributed by atoms with van der Waals surface area (Å²) in [5.74, 6) is 0.952. The number of rotatable bonds is 5.